The normalized spacial score (nSPS) is 10.2. The summed E-state index contributed by atoms with van der Waals surface area (Å²) < 4.78 is 10.3. The third-order valence-corrected chi connectivity index (χ3v) is 3.16. The Bertz CT molecular complexity index is 656. The van der Waals surface area contributed by atoms with Crippen molar-refractivity contribution in [2.75, 3.05) is 20.0 Å². The molecule has 2 N–H and O–H groups in total. The zero-order chi connectivity index (χ0) is 14.7. The van der Waals surface area contributed by atoms with E-state index in [1.54, 1.807) is 36.4 Å². The average molecular weight is 292 g/mol. The largest absolute Gasteiger partial charge is 0.496 e. The molecule has 0 heterocycles. The Balaban J connectivity index is 2.53. The van der Waals surface area contributed by atoms with Gasteiger partial charge in [0.05, 0.1) is 24.8 Å². The molecular formula is C15H14ClNO3. The Labute approximate surface area is 122 Å². The summed E-state index contributed by atoms with van der Waals surface area (Å²) in [5, 5.41) is 0.383. The SMILES string of the molecule is COc1cc(C(=O)c2cccc(N)c2)c(OC)cc1Cl. The van der Waals surface area contributed by atoms with Crippen molar-refractivity contribution in [1.82, 2.24) is 0 Å². The molecule has 2 rings (SSSR count). The quantitative estimate of drug-likeness (QED) is 0.694. The van der Waals surface area contributed by atoms with Crippen molar-refractivity contribution in [3.05, 3.63) is 52.5 Å². The van der Waals surface area contributed by atoms with Crippen molar-refractivity contribution in [2.24, 2.45) is 0 Å². The number of benzene rings is 2. The lowest BCUT2D eigenvalue weighted by Crippen LogP contribution is -2.05. The number of anilines is 1. The predicted octanol–water partition coefficient (Wildman–Crippen LogP) is 3.17. The number of hydrogen-bond acceptors (Lipinski definition) is 4. The van der Waals surface area contributed by atoms with Gasteiger partial charge >= 0.3 is 0 Å². The molecule has 0 bridgehead atoms. The van der Waals surface area contributed by atoms with Gasteiger partial charge in [0, 0.05) is 17.3 Å². The van der Waals surface area contributed by atoms with E-state index in [2.05, 4.69) is 0 Å². The maximum atomic E-state index is 12.5. The minimum Gasteiger partial charge on any atom is -0.496 e. The van der Waals surface area contributed by atoms with Gasteiger partial charge in [-0.1, -0.05) is 23.7 Å². The molecule has 2 aromatic carbocycles. The number of rotatable bonds is 4. The summed E-state index contributed by atoms with van der Waals surface area (Å²) in [6.45, 7) is 0. The van der Waals surface area contributed by atoms with Gasteiger partial charge in [-0.25, -0.2) is 0 Å². The number of carbonyl (C=O) groups excluding carboxylic acids is 1. The van der Waals surface area contributed by atoms with Crippen LogP contribution in [0.1, 0.15) is 15.9 Å². The van der Waals surface area contributed by atoms with Crippen LogP contribution in [0.3, 0.4) is 0 Å². The molecule has 0 aliphatic heterocycles. The first kappa shape index (κ1) is 14.2. The van der Waals surface area contributed by atoms with Crippen LogP contribution in [0.4, 0.5) is 5.69 Å². The van der Waals surface area contributed by atoms with Gasteiger partial charge < -0.3 is 15.2 Å². The lowest BCUT2D eigenvalue weighted by Gasteiger charge is -2.11. The Hall–Kier alpha value is -2.20. The van der Waals surface area contributed by atoms with Crippen molar-refractivity contribution < 1.29 is 14.3 Å². The molecule has 0 radical (unpaired) electrons. The van der Waals surface area contributed by atoms with Crippen molar-refractivity contribution in [3.63, 3.8) is 0 Å². The summed E-state index contributed by atoms with van der Waals surface area (Å²) in [7, 11) is 2.97. The molecule has 5 heteroatoms. The average Bonchev–Trinajstić information content (AvgIpc) is 2.46. The van der Waals surface area contributed by atoms with E-state index in [0.29, 0.717) is 33.3 Å². The van der Waals surface area contributed by atoms with E-state index in [4.69, 9.17) is 26.8 Å². The van der Waals surface area contributed by atoms with Crippen molar-refractivity contribution in [2.45, 2.75) is 0 Å². The van der Waals surface area contributed by atoms with E-state index < -0.39 is 0 Å². The molecule has 0 atom stereocenters. The monoisotopic (exact) mass is 291 g/mol. The highest BCUT2D eigenvalue weighted by Gasteiger charge is 2.18. The summed E-state index contributed by atoms with van der Waals surface area (Å²) in [6.07, 6.45) is 0. The summed E-state index contributed by atoms with van der Waals surface area (Å²) >= 11 is 6.02. The van der Waals surface area contributed by atoms with E-state index in [-0.39, 0.29) is 5.78 Å². The molecule has 0 aliphatic rings. The van der Waals surface area contributed by atoms with Gasteiger partial charge in [-0.15, -0.1) is 0 Å². The first-order chi connectivity index (χ1) is 9.56. The van der Waals surface area contributed by atoms with Gasteiger partial charge in [0.1, 0.15) is 11.5 Å². The molecule has 0 spiro atoms. The Morgan fingerprint density at radius 2 is 1.80 bits per heavy atom. The van der Waals surface area contributed by atoms with E-state index >= 15 is 0 Å². The van der Waals surface area contributed by atoms with Crippen LogP contribution in [0, 0.1) is 0 Å². The minimum atomic E-state index is -0.205. The first-order valence-corrected chi connectivity index (χ1v) is 6.26. The van der Waals surface area contributed by atoms with Crippen LogP contribution in [0.25, 0.3) is 0 Å². The third-order valence-electron chi connectivity index (χ3n) is 2.87. The zero-order valence-electron chi connectivity index (χ0n) is 11.1. The molecule has 20 heavy (non-hydrogen) atoms. The number of hydrogen-bond donors (Lipinski definition) is 1. The number of halogens is 1. The molecule has 0 saturated carbocycles. The maximum absolute atomic E-state index is 12.5. The van der Waals surface area contributed by atoms with E-state index in [1.165, 1.54) is 14.2 Å². The summed E-state index contributed by atoms with van der Waals surface area (Å²) in [4.78, 5) is 12.5. The molecule has 2 aromatic rings. The second-order valence-electron chi connectivity index (χ2n) is 4.14. The van der Waals surface area contributed by atoms with Crippen LogP contribution >= 0.6 is 11.6 Å². The van der Waals surface area contributed by atoms with E-state index in [1.807, 2.05) is 0 Å². The summed E-state index contributed by atoms with van der Waals surface area (Å²) in [6, 6.07) is 9.87. The van der Waals surface area contributed by atoms with Gasteiger partial charge in [-0.3, -0.25) is 4.79 Å². The molecule has 0 aliphatic carbocycles. The van der Waals surface area contributed by atoms with Crippen LogP contribution in [0.15, 0.2) is 36.4 Å². The highest BCUT2D eigenvalue weighted by atomic mass is 35.5. The van der Waals surface area contributed by atoms with Gasteiger partial charge in [0.2, 0.25) is 0 Å². The fraction of sp³-hybridized carbons (Fsp3) is 0.133. The van der Waals surface area contributed by atoms with Crippen LogP contribution in [-0.4, -0.2) is 20.0 Å². The van der Waals surface area contributed by atoms with Gasteiger partial charge in [-0.2, -0.15) is 0 Å². The Morgan fingerprint density at radius 3 is 2.40 bits per heavy atom. The lowest BCUT2D eigenvalue weighted by atomic mass is 10.0. The van der Waals surface area contributed by atoms with Gasteiger partial charge in [-0.05, 0) is 18.2 Å². The van der Waals surface area contributed by atoms with Crippen molar-refractivity contribution in [1.29, 1.82) is 0 Å². The van der Waals surface area contributed by atoms with Crippen LogP contribution in [0.5, 0.6) is 11.5 Å². The molecule has 0 fully saturated rings. The Kier molecular flexibility index (Phi) is 4.15. The molecule has 0 amide bonds. The summed E-state index contributed by atoms with van der Waals surface area (Å²) in [5.74, 6) is 0.604. The molecular weight excluding hydrogens is 278 g/mol. The second-order valence-corrected chi connectivity index (χ2v) is 4.55. The number of methoxy groups -OCH3 is 2. The second kappa shape index (κ2) is 5.84. The molecule has 0 aromatic heterocycles. The number of nitrogen functional groups attached to an aromatic ring is 1. The minimum absolute atomic E-state index is 0.205. The van der Waals surface area contributed by atoms with Crippen molar-refractivity contribution >= 4 is 23.1 Å². The van der Waals surface area contributed by atoms with Gasteiger partial charge in [0.25, 0.3) is 0 Å². The molecule has 0 unspecified atom stereocenters. The van der Waals surface area contributed by atoms with Crippen LogP contribution in [0.2, 0.25) is 5.02 Å². The van der Waals surface area contributed by atoms with Crippen LogP contribution < -0.4 is 15.2 Å². The smallest absolute Gasteiger partial charge is 0.196 e. The molecule has 0 saturated heterocycles. The number of carbonyl (C=O) groups is 1. The highest BCUT2D eigenvalue weighted by molar-refractivity contribution is 6.32. The fourth-order valence-corrected chi connectivity index (χ4v) is 2.10. The first-order valence-electron chi connectivity index (χ1n) is 5.88. The lowest BCUT2D eigenvalue weighted by molar-refractivity contribution is 0.103. The standard InChI is InChI=1S/C15H14ClNO3/c1-19-13-8-12(16)14(20-2)7-11(13)15(18)9-4-3-5-10(17)6-9/h3-8H,17H2,1-2H3. The highest BCUT2D eigenvalue weighted by Crippen LogP contribution is 2.33. The molecule has 4 nitrogen and oxygen atoms in total. The molecule has 104 valence electrons. The maximum Gasteiger partial charge on any atom is 0.196 e. The Morgan fingerprint density at radius 1 is 1.10 bits per heavy atom. The van der Waals surface area contributed by atoms with E-state index in [9.17, 15) is 4.79 Å². The number of ketones is 1. The van der Waals surface area contributed by atoms with E-state index in [0.717, 1.165) is 0 Å². The van der Waals surface area contributed by atoms with Crippen molar-refractivity contribution in [3.8, 4) is 11.5 Å². The number of ether oxygens (including phenoxy) is 2. The third kappa shape index (κ3) is 2.70. The summed E-state index contributed by atoms with van der Waals surface area (Å²) in [5.41, 5.74) is 7.07. The fourth-order valence-electron chi connectivity index (χ4n) is 1.87. The number of nitrogens with two attached hydrogens (primary N) is 1. The predicted molar refractivity (Wildman–Crippen MR) is 78.8 cm³/mol. The van der Waals surface area contributed by atoms with Gasteiger partial charge in [0.15, 0.2) is 5.78 Å². The van der Waals surface area contributed by atoms with Crippen LogP contribution in [-0.2, 0) is 0 Å². The topological polar surface area (TPSA) is 61.5 Å². The zero-order valence-corrected chi connectivity index (χ0v) is 11.9.